The summed E-state index contributed by atoms with van der Waals surface area (Å²) in [5.41, 5.74) is 5.69. The number of anilines is 1. The van der Waals surface area contributed by atoms with Gasteiger partial charge >= 0.3 is 13.9 Å². The summed E-state index contributed by atoms with van der Waals surface area (Å²) in [7, 11) is -3.61. The molecule has 6 N–H and O–H groups in total. The molecule has 0 saturated carbocycles. The number of hydrogen-bond acceptors (Lipinski definition) is 9. The molecule has 2 aromatic heterocycles. The topological polar surface area (TPSA) is 186 Å². The maximum atomic E-state index is 13.4. The van der Waals surface area contributed by atoms with Crippen molar-refractivity contribution in [2.75, 3.05) is 19.5 Å². The normalized spacial score (nSPS) is 17.2. The summed E-state index contributed by atoms with van der Waals surface area (Å²) < 4.78 is 34.7. The van der Waals surface area contributed by atoms with Gasteiger partial charge in [0.1, 0.15) is 23.8 Å². The predicted octanol–water partition coefficient (Wildman–Crippen LogP) is -1.05. The zero-order valence-electron chi connectivity index (χ0n) is 13.8. The Labute approximate surface area is 146 Å². The van der Waals surface area contributed by atoms with E-state index in [2.05, 4.69) is 19.5 Å². The molecule has 0 amide bonds. The SMILES string of the molecule is COC(COP(=O)(O)O)C(O)C(O)C(C)n1cnc2c(N)nc(F)nc21. The summed E-state index contributed by atoms with van der Waals surface area (Å²) in [5.74, 6) is -0.182. The summed E-state index contributed by atoms with van der Waals surface area (Å²) in [6.07, 6.45) is -4.18. The number of aromatic nitrogens is 4. The van der Waals surface area contributed by atoms with Gasteiger partial charge in [0.2, 0.25) is 0 Å². The molecule has 0 aliphatic heterocycles. The zero-order chi connectivity index (χ0) is 19.6. The summed E-state index contributed by atoms with van der Waals surface area (Å²) in [4.78, 5) is 28.3. The van der Waals surface area contributed by atoms with Crippen molar-refractivity contribution in [3.05, 3.63) is 12.4 Å². The molecule has 0 aliphatic rings. The second kappa shape index (κ2) is 7.88. The summed E-state index contributed by atoms with van der Waals surface area (Å²) in [6, 6.07) is -0.878. The number of phosphoric ester groups is 1. The fraction of sp³-hybridized carbons (Fsp3) is 0.583. The van der Waals surface area contributed by atoms with Gasteiger partial charge in [0.05, 0.1) is 19.0 Å². The van der Waals surface area contributed by atoms with Crippen LogP contribution >= 0.6 is 7.82 Å². The number of nitrogens with two attached hydrogens (primary N) is 1. The van der Waals surface area contributed by atoms with Gasteiger partial charge in [0.15, 0.2) is 11.5 Å². The van der Waals surface area contributed by atoms with Crippen molar-refractivity contribution >= 4 is 24.8 Å². The summed E-state index contributed by atoms with van der Waals surface area (Å²) in [6.45, 7) is 0.821. The number of methoxy groups -OCH3 is 1. The van der Waals surface area contributed by atoms with Crippen LogP contribution in [-0.4, -0.2) is 71.5 Å². The van der Waals surface area contributed by atoms with Crippen LogP contribution in [0, 0.1) is 6.08 Å². The van der Waals surface area contributed by atoms with Gasteiger partial charge in [0.25, 0.3) is 0 Å². The molecule has 0 saturated heterocycles. The lowest BCUT2D eigenvalue weighted by Crippen LogP contribution is -2.44. The van der Waals surface area contributed by atoms with E-state index in [1.165, 1.54) is 24.9 Å². The lowest BCUT2D eigenvalue weighted by atomic mass is 10.0. The Balaban J connectivity index is 2.22. The lowest BCUT2D eigenvalue weighted by molar-refractivity contribution is -0.102. The fourth-order valence-electron chi connectivity index (χ4n) is 2.36. The third kappa shape index (κ3) is 4.51. The summed E-state index contributed by atoms with van der Waals surface area (Å²) in [5, 5.41) is 20.6. The number of aliphatic hydroxyl groups is 2. The highest BCUT2D eigenvalue weighted by molar-refractivity contribution is 7.46. The van der Waals surface area contributed by atoms with Crippen LogP contribution in [0.5, 0.6) is 0 Å². The van der Waals surface area contributed by atoms with Gasteiger partial charge in [-0.1, -0.05) is 0 Å². The van der Waals surface area contributed by atoms with Crippen LogP contribution in [0.2, 0.25) is 0 Å². The largest absolute Gasteiger partial charge is 0.469 e. The molecule has 4 unspecified atom stereocenters. The first-order chi connectivity index (χ1) is 12.0. The minimum Gasteiger partial charge on any atom is -0.388 e. The quantitative estimate of drug-likeness (QED) is 0.271. The minimum atomic E-state index is -4.78. The maximum Gasteiger partial charge on any atom is 0.469 e. The van der Waals surface area contributed by atoms with Crippen molar-refractivity contribution in [3.8, 4) is 0 Å². The van der Waals surface area contributed by atoms with Crippen LogP contribution in [0.25, 0.3) is 11.2 Å². The van der Waals surface area contributed by atoms with Crippen LogP contribution in [0.4, 0.5) is 10.2 Å². The van der Waals surface area contributed by atoms with E-state index in [1.54, 1.807) is 0 Å². The van der Waals surface area contributed by atoms with Gasteiger partial charge < -0.3 is 35.0 Å². The van der Waals surface area contributed by atoms with E-state index in [4.69, 9.17) is 20.3 Å². The van der Waals surface area contributed by atoms with Crippen molar-refractivity contribution in [1.82, 2.24) is 19.5 Å². The minimum absolute atomic E-state index is 0.00850. The molecule has 146 valence electrons. The Morgan fingerprint density at radius 1 is 1.35 bits per heavy atom. The zero-order valence-corrected chi connectivity index (χ0v) is 14.7. The number of phosphoric acid groups is 1. The number of nitrogens with zero attached hydrogens (tertiary/aromatic N) is 4. The standard InChI is InChI=1S/C12H19FN5O7P/c1-5(8(19)9(20)6(24-2)3-25-26(21,22)23)18-4-15-7-10(14)16-12(13)17-11(7)18/h4-6,8-9,19-20H,3H2,1-2H3,(H2,14,16,17)(H2,21,22,23). The third-order valence-corrected chi connectivity index (χ3v) is 4.28. The van der Waals surface area contributed by atoms with Gasteiger partial charge in [-0.2, -0.15) is 14.4 Å². The number of rotatable bonds is 8. The van der Waals surface area contributed by atoms with E-state index in [0.29, 0.717) is 0 Å². The van der Waals surface area contributed by atoms with E-state index in [0.717, 1.165) is 0 Å². The molecule has 26 heavy (non-hydrogen) atoms. The smallest absolute Gasteiger partial charge is 0.388 e. The number of aliphatic hydroxyl groups excluding tert-OH is 2. The Kier molecular flexibility index (Phi) is 6.24. The van der Waals surface area contributed by atoms with Gasteiger partial charge in [-0.05, 0) is 6.92 Å². The molecule has 0 aliphatic carbocycles. The Hall–Kier alpha value is -1.73. The first-order valence-electron chi connectivity index (χ1n) is 7.29. The van der Waals surface area contributed by atoms with E-state index in [-0.39, 0.29) is 17.0 Å². The Morgan fingerprint density at radius 2 is 2.00 bits per heavy atom. The molecule has 4 atom stereocenters. The van der Waals surface area contributed by atoms with E-state index in [1.807, 2.05) is 0 Å². The van der Waals surface area contributed by atoms with Crippen LogP contribution in [-0.2, 0) is 13.8 Å². The lowest BCUT2D eigenvalue weighted by Gasteiger charge is -2.29. The van der Waals surface area contributed by atoms with Crippen LogP contribution < -0.4 is 5.73 Å². The predicted molar refractivity (Wildman–Crippen MR) is 85.2 cm³/mol. The molecule has 0 aromatic carbocycles. The number of hydrogen-bond donors (Lipinski definition) is 5. The average molecular weight is 395 g/mol. The molecule has 0 radical (unpaired) electrons. The first-order valence-corrected chi connectivity index (χ1v) is 8.82. The monoisotopic (exact) mass is 395 g/mol. The molecule has 2 aromatic rings. The van der Waals surface area contributed by atoms with Crippen molar-refractivity contribution < 1.29 is 38.2 Å². The Bertz CT molecular complexity index is 815. The van der Waals surface area contributed by atoms with E-state index in [9.17, 15) is 19.2 Å². The number of imidazole rings is 1. The van der Waals surface area contributed by atoms with Crippen molar-refractivity contribution in [3.63, 3.8) is 0 Å². The highest BCUT2D eigenvalue weighted by atomic mass is 31.2. The van der Waals surface area contributed by atoms with Crippen molar-refractivity contribution in [2.24, 2.45) is 0 Å². The van der Waals surface area contributed by atoms with Crippen LogP contribution in [0.15, 0.2) is 6.33 Å². The van der Waals surface area contributed by atoms with E-state index < -0.39 is 44.9 Å². The molecule has 0 fully saturated rings. The second-order valence-corrected chi connectivity index (χ2v) is 6.72. The molecule has 2 rings (SSSR count). The van der Waals surface area contributed by atoms with Crippen LogP contribution in [0.1, 0.15) is 13.0 Å². The number of fused-ring (bicyclic) bond motifs is 1. The van der Waals surface area contributed by atoms with Gasteiger partial charge in [-0.15, -0.1) is 0 Å². The third-order valence-electron chi connectivity index (χ3n) is 3.79. The van der Waals surface area contributed by atoms with Gasteiger partial charge in [-0.25, -0.2) is 9.55 Å². The molecular weight excluding hydrogens is 376 g/mol. The molecular formula is C12H19FN5O7P. The summed E-state index contributed by atoms with van der Waals surface area (Å²) >= 11 is 0. The second-order valence-electron chi connectivity index (χ2n) is 5.48. The van der Waals surface area contributed by atoms with Crippen molar-refractivity contribution in [2.45, 2.75) is 31.3 Å². The molecule has 12 nitrogen and oxygen atoms in total. The Morgan fingerprint density at radius 3 is 2.58 bits per heavy atom. The molecule has 2 heterocycles. The van der Waals surface area contributed by atoms with Crippen molar-refractivity contribution in [1.29, 1.82) is 0 Å². The molecule has 14 heteroatoms. The highest BCUT2D eigenvalue weighted by Crippen LogP contribution is 2.36. The highest BCUT2D eigenvalue weighted by Gasteiger charge is 2.33. The maximum absolute atomic E-state index is 13.4. The molecule has 0 spiro atoms. The van der Waals surface area contributed by atoms with Gasteiger partial charge in [0, 0.05) is 7.11 Å². The first kappa shape index (κ1) is 20.6. The number of ether oxygens (including phenoxy) is 1. The van der Waals surface area contributed by atoms with E-state index >= 15 is 0 Å². The fourth-order valence-corrected chi connectivity index (χ4v) is 2.70. The number of nitrogen functional groups attached to an aromatic ring is 1. The van der Waals surface area contributed by atoms with Gasteiger partial charge in [-0.3, -0.25) is 4.52 Å². The number of halogens is 1. The van der Waals surface area contributed by atoms with Crippen LogP contribution in [0.3, 0.4) is 0 Å². The molecule has 0 bridgehead atoms. The average Bonchev–Trinajstić information content (AvgIpc) is 2.96.